The van der Waals surface area contributed by atoms with Crippen LogP contribution in [-0.4, -0.2) is 15.5 Å². The van der Waals surface area contributed by atoms with Crippen LogP contribution >= 0.6 is 0 Å². The molecule has 1 aromatic carbocycles. The summed E-state index contributed by atoms with van der Waals surface area (Å²) >= 11 is 0. The number of H-pyrrole nitrogens is 1. The van der Waals surface area contributed by atoms with Crippen molar-refractivity contribution in [2.24, 2.45) is 0 Å². The van der Waals surface area contributed by atoms with Gasteiger partial charge in [0.15, 0.2) is 0 Å². The molecule has 128 valence electrons. The zero-order valence-electron chi connectivity index (χ0n) is 13.6. The third-order valence-corrected chi connectivity index (χ3v) is 3.82. The Morgan fingerprint density at radius 2 is 1.96 bits per heavy atom. The molecule has 0 bridgehead atoms. The van der Waals surface area contributed by atoms with Gasteiger partial charge in [0.1, 0.15) is 11.3 Å². The maximum atomic E-state index is 12.5. The average molecular weight is 339 g/mol. The molecule has 0 saturated carbocycles. The van der Waals surface area contributed by atoms with Gasteiger partial charge in [0.2, 0.25) is 0 Å². The number of aromatic nitrogens is 2. The molecule has 0 unspecified atom stereocenters. The number of rotatable bonds is 5. The van der Waals surface area contributed by atoms with Crippen molar-refractivity contribution in [3.63, 3.8) is 0 Å². The van der Waals surface area contributed by atoms with Gasteiger partial charge >= 0.3 is 5.69 Å². The molecule has 3 rings (SSSR count). The molecule has 2 heterocycles. The van der Waals surface area contributed by atoms with Crippen molar-refractivity contribution in [2.75, 3.05) is 5.32 Å². The molecule has 7 heteroatoms. The van der Waals surface area contributed by atoms with Crippen molar-refractivity contribution in [3.8, 4) is 0 Å². The van der Waals surface area contributed by atoms with E-state index < -0.39 is 17.2 Å². The quantitative estimate of drug-likeness (QED) is 0.743. The summed E-state index contributed by atoms with van der Waals surface area (Å²) in [5.41, 5.74) is 0.284. The standard InChI is InChI=1S/C18H17N3O4/c1-2-12-5-7-13(8-6-12)20-16(22)15-10-19-18(24)21(17(15)23)11-14-4-3-9-25-14/h3-10H,2,11H2,1H3,(H,19,24)(H,20,22). The molecule has 0 atom stereocenters. The number of furan rings is 1. The number of hydrogen-bond acceptors (Lipinski definition) is 4. The van der Waals surface area contributed by atoms with E-state index in [9.17, 15) is 14.4 Å². The SMILES string of the molecule is CCc1ccc(NC(=O)c2c[nH]c(=O)n(Cc3ccco3)c2=O)cc1. The molecule has 2 N–H and O–H groups in total. The molecular formula is C18H17N3O4. The Bertz CT molecular complexity index is 982. The summed E-state index contributed by atoms with van der Waals surface area (Å²) in [4.78, 5) is 39.2. The van der Waals surface area contributed by atoms with Crippen molar-refractivity contribution >= 4 is 11.6 Å². The summed E-state index contributed by atoms with van der Waals surface area (Å²) in [5.74, 6) is -0.140. The predicted octanol–water partition coefficient (Wildman–Crippen LogP) is 1.99. The van der Waals surface area contributed by atoms with Crippen molar-refractivity contribution < 1.29 is 9.21 Å². The first-order chi connectivity index (χ1) is 12.1. The molecule has 25 heavy (non-hydrogen) atoms. The second-order valence-electron chi connectivity index (χ2n) is 5.48. The third kappa shape index (κ3) is 3.60. The van der Waals surface area contributed by atoms with Crippen molar-refractivity contribution in [2.45, 2.75) is 19.9 Å². The van der Waals surface area contributed by atoms with Gasteiger partial charge in [-0.1, -0.05) is 19.1 Å². The highest BCUT2D eigenvalue weighted by atomic mass is 16.3. The Morgan fingerprint density at radius 1 is 1.20 bits per heavy atom. The summed E-state index contributed by atoms with van der Waals surface area (Å²) in [7, 11) is 0. The highest BCUT2D eigenvalue weighted by molar-refractivity contribution is 6.03. The van der Waals surface area contributed by atoms with Crippen LogP contribution in [0.5, 0.6) is 0 Å². The van der Waals surface area contributed by atoms with E-state index >= 15 is 0 Å². The van der Waals surface area contributed by atoms with E-state index in [1.165, 1.54) is 6.26 Å². The molecule has 1 amide bonds. The molecule has 0 radical (unpaired) electrons. The van der Waals surface area contributed by atoms with Crippen molar-refractivity contribution in [1.82, 2.24) is 9.55 Å². The Balaban J connectivity index is 1.87. The minimum Gasteiger partial charge on any atom is -0.467 e. The van der Waals surface area contributed by atoms with Crippen LogP contribution in [0, 0.1) is 0 Å². The maximum absolute atomic E-state index is 12.5. The van der Waals surface area contributed by atoms with Gasteiger partial charge in [0.05, 0.1) is 12.8 Å². The van der Waals surface area contributed by atoms with Crippen LogP contribution in [0.15, 0.2) is 62.9 Å². The van der Waals surface area contributed by atoms with Crippen molar-refractivity contribution in [1.29, 1.82) is 0 Å². The molecule has 0 saturated heterocycles. The van der Waals surface area contributed by atoms with Crippen molar-refractivity contribution in [3.05, 3.63) is 86.6 Å². The molecule has 0 spiro atoms. The summed E-state index contributed by atoms with van der Waals surface area (Å²) in [6.45, 7) is 1.99. The van der Waals surface area contributed by atoms with Gasteiger partial charge in [-0.25, -0.2) is 4.79 Å². The fourth-order valence-electron chi connectivity index (χ4n) is 2.40. The fraction of sp³-hybridized carbons (Fsp3) is 0.167. The molecule has 2 aromatic heterocycles. The number of benzene rings is 1. The first-order valence-electron chi connectivity index (χ1n) is 7.83. The lowest BCUT2D eigenvalue weighted by Gasteiger charge is -2.08. The summed E-state index contributed by atoms with van der Waals surface area (Å²) < 4.78 is 6.08. The lowest BCUT2D eigenvalue weighted by Crippen LogP contribution is -2.39. The van der Waals surface area contributed by atoms with Crippen LogP contribution in [0.4, 0.5) is 5.69 Å². The maximum Gasteiger partial charge on any atom is 0.328 e. The molecule has 0 aliphatic carbocycles. The minimum atomic E-state index is -0.678. The number of amides is 1. The van der Waals surface area contributed by atoms with Crippen LogP contribution in [0.1, 0.15) is 28.6 Å². The molecule has 3 aromatic rings. The Labute approximate surface area is 142 Å². The second-order valence-corrected chi connectivity index (χ2v) is 5.48. The van der Waals surface area contributed by atoms with E-state index in [1.807, 2.05) is 19.1 Å². The number of carbonyl (C=O) groups excluding carboxylic acids is 1. The lowest BCUT2D eigenvalue weighted by atomic mass is 10.1. The Hall–Kier alpha value is -3.35. The second kappa shape index (κ2) is 7.04. The van der Waals surface area contributed by atoms with Gasteiger partial charge in [-0.2, -0.15) is 0 Å². The van der Waals surface area contributed by atoms with Gasteiger partial charge in [0.25, 0.3) is 11.5 Å². The first kappa shape index (κ1) is 16.5. The monoisotopic (exact) mass is 339 g/mol. The zero-order valence-corrected chi connectivity index (χ0v) is 13.6. The number of hydrogen-bond donors (Lipinski definition) is 2. The number of anilines is 1. The highest BCUT2D eigenvalue weighted by Crippen LogP contribution is 2.10. The van der Waals surface area contributed by atoms with E-state index in [-0.39, 0.29) is 12.1 Å². The normalized spacial score (nSPS) is 10.6. The Kier molecular flexibility index (Phi) is 4.65. The number of aryl methyl sites for hydroxylation is 1. The number of carbonyl (C=O) groups is 1. The van der Waals surface area contributed by atoms with E-state index in [1.54, 1.807) is 24.3 Å². The van der Waals surface area contributed by atoms with E-state index in [2.05, 4.69) is 10.3 Å². The van der Waals surface area contributed by atoms with Gasteiger partial charge in [-0.05, 0) is 36.2 Å². The fourth-order valence-corrected chi connectivity index (χ4v) is 2.40. The van der Waals surface area contributed by atoms with Crippen LogP contribution in [0.25, 0.3) is 0 Å². The first-order valence-corrected chi connectivity index (χ1v) is 7.83. The largest absolute Gasteiger partial charge is 0.467 e. The number of aromatic amines is 1. The van der Waals surface area contributed by atoms with Gasteiger partial charge in [-0.15, -0.1) is 0 Å². The number of nitrogens with zero attached hydrogens (tertiary/aromatic N) is 1. The molecule has 0 aliphatic heterocycles. The summed E-state index contributed by atoms with van der Waals surface area (Å²) in [5, 5.41) is 2.66. The highest BCUT2D eigenvalue weighted by Gasteiger charge is 2.15. The van der Waals surface area contributed by atoms with E-state index in [0.717, 1.165) is 22.7 Å². The third-order valence-electron chi connectivity index (χ3n) is 3.82. The molecule has 7 nitrogen and oxygen atoms in total. The zero-order chi connectivity index (χ0) is 17.8. The topological polar surface area (TPSA) is 97.1 Å². The summed E-state index contributed by atoms with van der Waals surface area (Å²) in [6, 6.07) is 10.6. The van der Waals surface area contributed by atoms with Gasteiger partial charge in [0, 0.05) is 11.9 Å². The van der Waals surface area contributed by atoms with Crippen LogP contribution in [0.2, 0.25) is 0 Å². The van der Waals surface area contributed by atoms with Crippen LogP contribution < -0.4 is 16.6 Å². The average Bonchev–Trinajstić information content (AvgIpc) is 3.12. The van der Waals surface area contributed by atoms with Crippen LogP contribution in [0.3, 0.4) is 0 Å². The van der Waals surface area contributed by atoms with Gasteiger partial charge < -0.3 is 14.7 Å². The van der Waals surface area contributed by atoms with E-state index in [4.69, 9.17) is 4.42 Å². The summed E-state index contributed by atoms with van der Waals surface area (Å²) in [6.07, 6.45) is 3.47. The van der Waals surface area contributed by atoms with E-state index in [0.29, 0.717) is 11.4 Å². The molecular weight excluding hydrogens is 322 g/mol. The molecule has 0 fully saturated rings. The minimum absolute atomic E-state index is 0.0481. The number of nitrogens with one attached hydrogen (secondary N) is 2. The predicted molar refractivity (Wildman–Crippen MR) is 92.9 cm³/mol. The smallest absolute Gasteiger partial charge is 0.328 e. The lowest BCUT2D eigenvalue weighted by molar-refractivity contribution is 0.102. The van der Waals surface area contributed by atoms with Gasteiger partial charge in [-0.3, -0.25) is 14.2 Å². The Morgan fingerprint density at radius 3 is 2.60 bits per heavy atom. The molecule has 0 aliphatic rings. The van der Waals surface area contributed by atoms with Crippen LogP contribution in [-0.2, 0) is 13.0 Å².